The van der Waals surface area contributed by atoms with E-state index in [1.54, 1.807) is 6.92 Å². The summed E-state index contributed by atoms with van der Waals surface area (Å²) < 4.78 is 19.4. The number of rotatable bonds is 5. The van der Waals surface area contributed by atoms with E-state index in [9.17, 15) is 19.1 Å². The summed E-state index contributed by atoms with van der Waals surface area (Å²) in [5, 5.41) is 10.2. The molecule has 0 saturated heterocycles. The fourth-order valence-corrected chi connectivity index (χ4v) is 1.97. The number of hydrogen-bond acceptors (Lipinski definition) is 4. The first-order valence-corrected chi connectivity index (χ1v) is 6.44. The zero-order chi connectivity index (χ0) is 15.4. The van der Waals surface area contributed by atoms with Crippen molar-refractivity contribution < 1.29 is 14.2 Å². The Morgan fingerprint density at radius 2 is 2.14 bits per heavy atom. The van der Waals surface area contributed by atoms with Gasteiger partial charge in [0.25, 0.3) is 5.56 Å². The Morgan fingerprint density at radius 3 is 2.81 bits per heavy atom. The molecule has 1 heterocycles. The Morgan fingerprint density at radius 1 is 1.38 bits per heavy atom. The molecule has 0 unspecified atom stereocenters. The molecule has 0 aliphatic carbocycles. The molecule has 0 saturated carbocycles. The number of nitrogens with zero attached hydrogens (tertiary/aromatic N) is 1. The molecule has 0 fully saturated rings. The summed E-state index contributed by atoms with van der Waals surface area (Å²) in [4.78, 5) is 25.7. The largest absolute Gasteiger partial charge is 0.494 e. The number of H-pyrrole nitrogens is 1. The second-order valence-corrected chi connectivity index (χ2v) is 4.32. The maximum absolute atomic E-state index is 13.3. The van der Waals surface area contributed by atoms with Crippen LogP contribution in [0, 0.1) is 5.82 Å². The van der Waals surface area contributed by atoms with Crippen LogP contribution in [0.25, 0.3) is 11.1 Å². The van der Waals surface area contributed by atoms with E-state index >= 15 is 0 Å². The van der Waals surface area contributed by atoms with Crippen molar-refractivity contribution in [3.63, 3.8) is 0 Å². The minimum Gasteiger partial charge on any atom is -0.494 e. The second-order valence-electron chi connectivity index (χ2n) is 4.32. The standard InChI is InChI=1S/C14H15FN2O4/c1-2-21-7-6-17-13(19)11(12(18)16-14(17)20)9-4-3-5-10(15)8-9/h3-5,8,19H,2,6-7H2,1H3,(H,16,18,20). The van der Waals surface area contributed by atoms with Gasteiger partial charge in [-0.1, -0.05) is 12.1 Å². The van der Waals surface area contributed by atoms with Gasteiger partial charge in [-0.15, -0.1) is 0 Å². The van der Waals surface area contributed by atoms with Crippen molar-refractivity contribution in [3.05, 3.63) is 50.9 Å². The van der Waals surface area contributed by atoms with Crippen LogP contribution in [0.2, 0.25) is 0 Å². The van der Waals surface area contributed by atoms with Crippen molar-refractivity contribution in [1.29, 1.82) is 0 Å². The van der Waals surface area contributed by atoms with Crippen LogP contribution >= 0.6 is 0 Å². The van der Waals surface area contributed by atoms with E-state index in [0.717, 1.165) is 10.6 Å². The monoisotopic (exact) mass is 294 g/mol. The molecule has 0 radical (unpaired) electrons. The van der Waals surface area contributed by atoms with Crippen molar-refractivity contribution in [2.24, 2.45) is 0 Å². The van der Waals surface area contributed by atoms with Crippen LogP contribution in [0.5, 0.6) is 5.88 Å². The molecule has 1 aromatic heterocycles. The van der Waals surface area contributed by atoms with Gasteiger partial charge in [-0.25, -0.2) is 9.18 Å². The second kappa shape index (κ2) is 6.36. The Kier molecular flexibility index (Phi) is 4.54. The molecular formula is C14H15FN2O4. The third-order valence-electron chi connectivity index (χ3n) is 2.95. The van der Waals surface area contributed by atoms with E-state index in [2.05, 4.69) is 4.98 Å². The fourth-order valence-electron chi connectivity index (χ4n) is 1.97. The summed E-state index contributed by atoms with van der Waals surface area (Å²) in [7, 11) is 0. The van der Waals surface area contributed by atoms with E-state index < -0.39 is 22.9 Å². The maximum atomic E-state index is 13.3. The van der Waals surface area contributed by atoms with Crippen LogP contribution in [-0.4, -0.2) is 27.9 Å². The predicted molar refractivity (Wildman–Crippen MR) is 74.9 cm³/mol. The van der Waals surface area contributed by atoms with Crippen molar-refractivity contribution in [2.45, 2.75) is 13.5 Å². The lowest BCUT2D eigenvalue weighted by atomic mass is 10.1. The van der Waals surface area contributed by atoms with Crippen LogP contribution in [0.15, 0.2) is 33.9 Å². The van der Waals surface area contributed by atoms with Crippen molar-refractivity contribution in [2.75, 3.05) is 13.2 Å². The predicted octanol–water partition coefficient (Wildman–Crippen LogP) is 1.08. The summed E-state index contributed by atoms with van der Waals surface area (Å²) in [5.74, 6) is -1.05. The van der Waals surface area contributed by atoms with Crippen LogP contribution in [0.3, 0.4) is 0 Å². The van der Waals surface area contributed by atoms with E-state index in [-0.39, 0.29) is 24.3 Å². The molecular weight excluding hydrogens is 279 g/mol. The average Bonchev–Trinajstić information content (AvgIpc) is 2.42. The Balaban J connectivity index is 2.54. The summed E-state index contributed by atoms with van der Waals surface area (Å²) in [5.41, 5.74) is -1.46. The number of hydrogen-bond donors (Lipinski definition) is 2. The first-order valence-electron chi connectivity index (χ1n) is 6.44. The highest BCUT2D eigenvalue weighted by molar-refractivity contribution is 5.67. The van der Waals surface area contributed by atoms with E-state index in [1.807, 2.05) is 0 Å². The van der Waals surface area contributed by atoms with E-state index in [0.29, 0.717) is 6.61 Å². The van der Waals surface area contributed by atoms with Crippen molar-refractivity contribution in [1.82, 2.24) is 9.55 Å². The molecule has 6 nitrogen and oxygen atoms in total. The number of aromatic amines is 1. The summed E-state index contributed by atoms with van der Waals surface area (Å²) in [6.45, 7) is 2.56. The quantitative estimate of drug-likeness (QED) is 0.808. The van der Waals surface area contributed by atoms with Crippen LogP contribution in [-0.2, 0) is 11.3 Å². The lowest BCUT2D eigenvalue weighted by Crippen LogP contribution is -2.32. The summed E-state index contributed by atoms with van der Waals surface area (Å²) in [6.07, 6.45) is 0. The third-order valence-corrected chi connectivity index (χ3v) is 2.95. The number of halogens is 1. The van der Waals surface area contributed by atoms with Gasteiger partial charge in [0.1, 0.15) is 11.4 Å². The minimum absolute atomic E-state index is 0.0810. The van der Waals surface area contributed by atoms with Gasteiger partial charge >= 0.3 is 5.69 Å². The number of benzene rings is 1. The molecule has 2 rings (SSSR count). The highest BCUT2D eigenvalue weighted by atomic mass is 19.1. The van der Waals surface area contributed by atoms with Crippen LogP contribution < -0.4 is 11.2 Å². The average molecular weight is 294 g/mol. The van der Waals surface area contributed by atoms with Gasteiger partial charge in [0.2, 0.25) is 5.88 Å². The number of aromatic nitrogens is 2. The van der Waals surface area contributed by atoms with Gasteiger partial charge in [-0.3, -0.25) is 14.3 Å². The Bertz CT molecular complexity index is 751. The molecule has 2 N–H and O–H groups in total. The molecule has 2 aromatic rings. The third kappa shape index (κ3) is 3.19. The SMILES string of the molecule is CCOCCn1c(O)c(-c2cccc(F)c2)c(=O)[nH]c1=O. The highest BCUT2D eigenvalue weighted by Crippen LogP contribution is 2.24. The molecule has 0 spiro atoms. The molecule has 7 heteroatoms. The molecule has 0 bridgehead atoms. The lowest BCUT2D eigenvalue weighted by molar-refractivity contribution is 0.135. The number of nitrogens with one attached hydrogen (secondary N) is 1. The topological polar surface area (TPSA) is 84.3 Å². The fraction of sp³-hybridized carbons (Fsp3) is 0.286. The maximum Gasteiger partial charge on any atom is 0.331 e. The number of ether oxygens (including phenoxy) is 1. The Labute approximate surface area is 119 Å². The molecule has 1 aromatic carbocycles. The summed E-state index contributed by atoms with van der Waals surface area (Å²) >= 11 is 0. The smallest absolute Gasteiger partial charge is 0.331 e. The van der Waals surface area contributed by atoms with E-state index in [4.69, 9.17) is 4.74 Å². The summed E-state index contributed by atoms with van der Waals surface area (Å²) in [6, 6.07) is 5.23. The molecule has 0 aliphatic rings. The van der Waals surface area contributed by atoms with Gasteiger partial charge in [0.05, 0.1) is 13.2 Å². The molecule has 0 aliphatic heterocycles. The van der Waals surface area contributed by atoms with Crippen LogP contribution in [0.1, 0.15) is 6.92 Å². The minimum atomic E-state index is -0.768. The van der Waals surface area contributed by atoms with Crippen molar-refractivity contribution >= 4 is 0 Å². The van der Waals surface area contributed by atoms with Gasteiger partial charge in [-0.2, -0.15) is 0 Å². The zero-order valence-electron chi connectivity index (χ0n) is 11.4. The highest BCUT2D eigenvalue weighted by Gasteiger charge is 2.16. The van der Waals surface area contributed by atoms with E-state index in [1.165, 1.54) is 18.2 Å². The first-order chi connectivity index (χ1) is 10.0. The first kappa shape index (κ1) is 15.0. The van der Waals surface area contributed by atoms with Gasteiger partial charge in [0, 0.05) is 6.61 Å². The van der Waals surface area contributed by atoms with Gasteiger partial charge < -0.3 is 9.84 Å². The zero-order valence-corrected chi connectivity index (χ0v) is 11.4. The molecule has 0 atom stereocenters. The van der Waals surface area contributed by atoms with Crippen LogP contribution in [0.4, 0.5) is 4.39 Å². The van der Waals surface area contributed by atoms with Gasteiger partial charge in [0.15, 0.2) is 0 Å². The van der Waals surface area contributed by atoms with Gasteiger partial charge in [-0.05, 0) is 24.6 Å². The molecule has 21 heavy (non-hydrogen) atoms. The molecule has 0 amide bonds. The normalized spacial score (nSPS) is 10.8. The number of aromatic hydroxyl groups is 1. The Hall–Kier alpha value is -2.41. The lowest BCUT2D eigenvalue weighted by Gasteiger charge is -2.11. The van der Waals surface area contributed by atoms with Crippen molar-refractivity contribution in [3.8, 4) is 17.0 Å². The molecule has 112 valence electrons.